The van der Waals surface area contributed by atoms with Crippen molar-refractivity contribution in [1.29, 1.82) is 0 Å². The van der Waals surface area contributed by atoms with Crippen molar-refractivity contribution in [3.63, 3.8) is 0 Å². The molecule has 1 aliphatic rings. The largest absolute Gasteiger partial charge is 0.394 e. The Morgan fingerprint density at radius 2 is 2.20 bits per heavy atom. The summed E-state index contributed by atoms with van der Waals surface area (Å²) in [4.78, 5) is 20.3. The number of ether oxygens (including phenoxy) is 1. The molecule has 0 amide bonds. The van der Waals surface area contributed by atoms with Crippen molar-refractivity contribution in [2.45, 2.75) is 69.8 Å². The van der Waals surface area contributed by atoms with E-state index >= 15 is 0 Å². The van der Waals surface area contributed by atoms with E-state index in [0.717, 1.165) is 19.3 Å². The monoisotopic (exact) mass is 422 g/mol. The second-order valence-electron chi connectivity index (χ2n) is 7.77. The van der Waals surface area contributed by atoms with E-state index in [1.165, 1.54) is 27.7 Å². The SMILES string of the molecule is CCCCCC(O)C(O)n1c[n+]([C@H]2C[C@H](O)[C@@H](CO)O2)c2[nH]c3nccn3c(=O)c21. The fourth-order valence-electron chi connectivity index (χ4n) is 4.02. The molecular formula is C19H28N5O6+. The van der Waals surface area contributed by atoms with Crippen molar-refractivity contribution in [2.75, 3.05) is 6.61 Å². The predicted octanol–water partition coefficient (Wildman–Crippen LogP) is -0.662. The molecule has 5 N–H and O–H groups in total. The first-order valence-corrected chi connectivity index (χ1v) is 10.3. The lowest BCUT2D eigenvalue weighted by Crippen LogP contribution is -2.40. The van der Waals surface area contributed by atoms with Crippen LogP contribution in [0, 0.1) is 0 Å². The van der Waals surface area contributed by atoms with Crippen molar-refractivity contribution < 1.29 is 29.7 Å². The average Bonchev–Trinajstić information content (AvgIpc) is 3.44. The van der Waals surface area contributed by atoms with Crippen molar-refractivity contribution in [2.24, 2.45) is 0 Å². The molecule has 3 aromatic heterocycles. The highest BCUT2D eigenvalue weighted by molar-refractivity contribution is 5.68. The Morgan fingerprint density at radius 1 is 1.40 bits per heavy atom. The van der Waals surface area contributed by atoms with E-state index in [1.807, 2.05) is 0 Å². The van der Waals surface area contributed by atoms with E-state index in [-0.39, 0.29) is 18.5 Å². The Morgan fingerprint density at radius 3 is 2.90 bits per heavy atom. The van der Waals surface area contributed by atoms with Gasteiger partial charge in [-0.25, -0.2) is 23.5 Å². The minimum atomic E-state index is -1.34. The zero-order valence-electron chi connectivity index (χ0n) is 16.8. The van der Waals surface area contributed by atoms with E-state index in [1.54, 1.807) is 4.57 Å². The molecule has 0 spiro atoms. The van der Waals surface area contributed by atoms with E-state index in [2.05, 4.69) is 16.9 Å². The van der Waals surface area contributed by atoms with E-state index in [0.29, 0.717) is 17.8 Å². The molecule has 0 radical (unpaired) electrons. The van der Waals surface area contributed by atoms with Crippen LogP contribution < -0.4 is 10.1 Å². The number of hydrogen-bond donors (Lipinski definition) is 5. The number of aliphatic hydroxyl groups is 4. The summed E-state index contributed by atoms with van der Waals surface area (Å²) in [5.74, 6) is 0.314. The Kier molecular flexibility index (Phi) is 5.89. The Labute approximate surface area is 171 Å². The maximum absolute atomic E-state index is 13.1. The minimum absolute atomic E-state index is 0.146. The quantitative estimate of drug-likeness (QED) is 0.239. The number of rotatable bonds is 8. The number of nitrogens with one attached hydrogen (secondary N) is 1. The lowest BCUT2D eigenvalue weighted by atomic mass is 10.1. The second kappa shape index (κ2) is 8.44. The first-order valence-electron chi connectivity index (χ1n) is 10.3. The summed E-state index contributed by atoms with van der Waals surface area (Å²) in [5, 5.41) is 40.9. The van der Waals surface area contributed by atoms with Crippen LogP contribution in [-0.4, -0.2) is 64.3 Å². The lowest BCUT2D eigenvalue weighted by molar-refractivity contribution is -0.739. The van der Waals surface area contributed by atoms with Gasteiger partial charge < -0.3 is 25.2 Å². The number of fused-ring (bicyclic) bond motifs is 2. The fraction of sp³-hybridized carbons (Fsp3) is 0.632. The van der Waals surface area contributed by atoms with Crippen LogP contribution in [0.1, 0.15) is 51.5 Å². The van der Waals surface area contributed by atoms with Crippen molar-refractivity contribution in [3.05, 3.63) is 29.1 Å². The number of imidazole rings is 2. The standard InChI is InChI=1S/C19H27N5O6/c1-2-3-4-5-11(26)17(28)24-10-23(14-8-12(27)13(9-25)30-14)16-15(24)18(29)22-7-6-20-19(22)21-16/h6-7,10-14,17,25-28H,2-5,8-9H2,1H3/p+1/t11?,12-,13+,14+,17?/m0/s1. The molecule has 0 aliphatic carbocycles. The number of H-pyrrole nitrogens is 1. The number of hydrogen-bond acceptors (Lipinski definition) is 7. The normalized spacial score (nSPS) is 24.1. The van der Waals surface area contributed by atoms with Gasteiger partial charge in [0.25, 0.3) is 11.4 Å². The van der Waals surface area contributed by atoms with Gasteiger partial charge in [0, 0.05) is 18.8 Å². The molecule has 0 bridgehead atoms. The van der Waals surface area contributed by atoms with Gasteiger partial charge in [-0.1, -0.05) is 26.2 Å². The zero-order chi connectivity index (χ0) is 21.4. The van der Waals surface area contributed by atoms with Crippen LogP contribution in [-0.2, 0) is 4.74 Å². The van der Waals surface area contributed by atoms with Crippen LogP contribution in [0.5, 0.6) is 0 Å². The van der Waals surface area contributed by atoms with E-state index < -0.39 is 36.3 Å². The molecule has 0 saturated carbocycles. The third-order valence-corrected chi connectivity index (χ3v) is 5.71. The van der Waals surface area contributed by atoms with Crippen molar-refractivity contribution >= 4 is 16.9 Å². The van der Waals surface area contributed by atoms with Gasteiger partial charge in [0.05, 0.1) is 12.7 Å². The van der Waals surface area contributed by atoms with Crippen LogP contribution in [0.3, 0.4) is 0 Å². The van der Waals surface area contributed by atoms with Crippen LogP contribution in [0.15, 0.2) is 23.5 Å². The van der Waals surface area contributed by atoms with E-state index in [4.69, 9.17) is 4.74 Å². The van der Waals surface area contributed by atoms with Gasteiger partial charge in [-0.15, -0.1) is 0 Å². The summed E-state index contributed by atoms with van der Waals surface area (Å²) < 4.78 is 9.97. The average molecular weight is 422 g/mol. The van der Waals surface area contributed by atoms with E-state index in [9.17, 15) is 25.2 Å². The third-order valence-electron chi connectivity index (χ3n) is 5.71. The van der Waals surface area contributed by atoms with Gasteiger partial charge in [-0.05, 0) is 6.42 Å². The molecular weight excluding hydrogens is 394 g/mol. The molecule has 164 valence electrons. The molecule has 5 atom stereocenters. The maximum Gasteiger partial charge on any atom is 0.304 e. The molecule has 30 heavy (non-hydrogen) atoms. The second-order valence-corrected chi connectivity index (χ2v) is 7.77. The van der Waals surface area contributed by atoms with Gasteiger partial charge in [0.1, 0.15) is 12.2 Å². The first kappa shape index (κ1) is 20.9. The number of nitrogens with zero attached hydrogens (tertiary/aromatic N) is 4. The Bertz CT molecular complexity index is 1070. The number of aliphatic hydroxyl groups excluding tert-OH is 4. The summed E-state index contributed by atoms with van der Waals surface area (Å²) in [6.45, 7) is 1.72. The highest BCUT2D eigenvalue weighted by atomic mass is 16.5. The molecule has 1 saturated heterocycles. The molecule has 4 heterocycles. The lowest BCUT2D eigenvalue weighted by Gasteiger charge is -2.16. The van der Waals surface area contributed by atoms with Gasteiger partial charge >= 0.3 is 5.56 Å². The summed E-state index contributed by atoms with van der Waals surface area (Å²) in [6, 6.07) is 0. The first-order chi connectivity index (χ1) is 14.5. The predicted molar refractivity (Wildman–Crippen MR) is 105 cm³/mol. The smallest absolute Gasteiger partial charge is 0.304 e. The molecule has 2 unspecified atom stereocenters. The topological polar surface area (TPSA) is 149 Å². The van der Waals surface area contributed by atoms with Gasteiger partial charge in [-0.2, -0.15) is 0 Å². The van der Waals surface area contributed by atoms with Crippen LogP contribution in [0.4, 0.5) is 0 Å². The summed E-state index contributed by atoms with van der Waals surface area (Å²) >= 11 is 0. The van der Waals surface area contributed by atoms with Gasteiger partial charge in [0.2, 0.25) is 11.7 Å². The van der Waals surface area contributed by atoms with Crippen LogP contribution in [0.25, 0.3) is 16.9 Å². The summed E-state index contributed by atoms with van der Waals surface area (Å²) in [6.07, 6.45) is 3.08. The van der Waals surface area contributed by atoms with Gasteiger partial charge in [-0.3, -0.25) is 4.79 Å². The van der Waals surface area contributed by atoms with Crippen molar-refractivity contribution in [1.82, 2.24) is 18.9 Å². The van der Waals surface area contributed by atoms with Gasteiger partial charge in [0.15, 0.2) is 12.6 Å². The highest BCUT2D eigenvalue weighted by Gasteiger charge is 2.39. The Balaban J connectivity index is 1.81. The van der Waals surface area contributed by atoms with Crippen LogP contribution >= 0.6 is 0 Å². The molecule has 11 nitrogen and oxygen atoms in total. The number of unbranched alkanes of at least 4 members (excludes halogenated alkanes) is 2. The molecule has 4 rings (SSSR count). The maximum atomic E-state index is 13.1. The summed E-state index contributed by atoms with van der Waals surface area (Å²) in [7, 11) is 0. The molecule has 1 aliphatic heterocycles. The Hall–Kier alpha value is -2.31. The molecule has 1 fully saturated rings. The zero-order valence-corrected chi connectivity index (χ0v) is 16.8. The molecule has 0 aromatic carbocycles. The minimum Gasteiger partial charge on any atom is -0.394 e. The van der Waals surface area contributed by atoms with Crippen LogP contribution in [0.2, 0.25) is 0 Å². The van der Waals surface area contributed by atoms with Crippen molar-refractivity contribution in [3.8, 4) is 0 Å². The number of aromatic nitrogens is 5. The molecule has 3 aromatic rings. The molecule has 11 heteroatoms. The third kappa shape index (κ3) is 3.52. The summed E-state index contributed by atoms with van der Waals surface area (Å²) in [5.41, 5.74) is 0.0782. The highest BCUT2D eigenvalue weighted by Crippen LogP contribution is 2.27. The fourth-order valence-corrected chi connectivity index (χ4v) is 4.02. The number of aromatic amines is 1.